The van der Waals surface area contributed by atoms with Crippen molar-refractivity contribution in [2.75, 3.05) is 6.54 Å². The minimum absolute atomic E-state index is 0.107. The summed E-state index contributed by atoms with van der Waals surface area (Å²) >= 11 is 0. The number of carboxylic acid groups (broad SMARTS) is 1. The van der Waals surface area contributed by atoms with Crippen molar-refractivity contribution in [1.82, 2.24) is 4.90 Å². The van der Waals surface area contributed by atoms with E-state index < -0.39 is 5.97 Å². The molecule has 1 amide bonds. The van der Waals surface area contributed by atoms with Gasteiger partial charge in [0.2, 0.25) is 5.91 Å². The standard InChI is InChI=1S/C16H18FNO3/c1-11-9-13(16(20)21)7-8-18(11)15(19)6-5-12-3-2-4-14(17)10-12/h2-6,10-11,13H,7-9H2,1H3,(H,20,21)/b6-5+. The molecule has 0 aliphatic carbocycles. The van der Waals surface area contributed by atoms with Crippen LogP contribution in [-0.4, -0.2) is 34.5 Å². The van der Waals surface area contributed by atoms with Gasteiger partial charge < -0.3 is 10.0 Å². The third kappa shape index (κ3) is 3.90. The highest BCUT2D eigenvalue weighted by Gasteiger charge is 2.31. The normalized spacial score (nSPS) is 22.5. The van der Waals surface area contributed by atoms with Crippen molar-refractivity contribution < 1.29 is 19.1 Å². The summed E-state index contributed by atoms with van der Waals surface area (Å²) in [5.41, 5.74) is 0.622. The van der Waals surface area contributed by atoms with Gasteiger partial charge in [0.1, 0.15) is 5.82 Å². The van der Waals surface area contributed by atoms with Gasteiger partial charge in [0.15, 0.2) is 0 Å². The van der Waals surface area contributed by atoms with Gasteiger partial charge in [-0.2, -0.15) is 0 Å². The number of piperidine rings is 1. The Kier molecular flexibility index (Phi) is 4.73. The zero-order chi connectivity index (χ0) is 15.4. The van der Waals surface area contributed by atoms with Gasteiger partial charge in [-0.25, -0.2) is 4.39 Å². The molecular formula is C16H18FNO3. The molecule has 1 N–H and O–H groups in total. The molecule has 1 saturated heterocycles. The van der Waals surface area contributed by atoms with Crippen LogP contribution in [0.1, 0.15) is 25.3 Å². The number of rotatable bonds is 3. The summed E-state index contributed by atoms with van der Waals surface area (Å²) in [6.45, 7) is 2.29. The highest BCUT2D eigenvalue weighted by Crippen LogP contribution is 2.23. The number of benzene rings is 1. The van der Waals surface area contributed by atoms with E-state index in [4.69, 9.17) is 5.11 Å². The Hall–Kier alpha value is -2.17. The van der Waals surface area contributed by atoms with Gasteiger partial charge in [0.05, 0.1) is 5.92 Å². The fourth-order valence-electron chi connectivity index (χ4n) is 2.60. The number of hydrogen-bond acceptors (Lipinski definition) is 2. The molecule has 0 spiro atoms. The SMILES string of the molecule is CC1CC(C(=O)O)CCN1C(=O)/C=C/c1cccc(F)c1. The molecule has 2 unspecified atom stereocenters. The lowest BCUT2D eigenvalue weighted by Crippen LogP contribution is -2.45. The highest BCUT2D eigenvalue weighted by atomic mass is 19.1. The third-order valence-electron chi connectivity index (χ3n) is 3.78. The second kappa shape index (κ2) is 6.52. The maximum Gasteiger partial charge on any atom is 0.306 e. The van der Waals surface area contributed by atoms with E-state index >= 15 is 0 Å². The van der Waals surface area contributed by atoms with Crippen LogP contribution in [0.3, 0.4) is 0 Å². The summed E-state index contributed by atoms with van der Waals surface area (Å²) < 4.78 is 13.0. The molecule has 0 radical (unpaired) electrons. The predicted molar refractivity (Wildman–Crippen MR) is 77.0 cm³/mol. The first-order valence-electron chi connectivity index (χ1n) is 6.94. The number of carboxylic acids is 1. The van der Waals surface area contributed by atoms with Gasteiger partial charge in [-0.05, 0) is 43.5 Å². The summed E-state index contributed by atoms with van der Waals surface area (Å²) in [6, 6.07) is 5.89. The van der Waals surface area contributed by atoms with Crippen molar-refractivity contribution in [3.05, 3.63) is 41.7 Å². The number of carbonyl (C=O) groups is 2. The Labute approximate surface area is 122 Å². The molecular weight excluding hydrogens is 273 g/mol. The van der Waals surface area contributed by atoms with Gasteiger partial charge in [0, 0.05) is 18.7 Å². The largest absolute Gasteiger partial charge is 0.481 e. The van der Waals surface area contributed by atoms with Crippen LogP contribution in [0.4, 0.5) is 4.39 Å². The highest BCUT2D eigenvalue weighted by molar-refractivity contribution is 5.92. The van der Waals surface area contributed by atoms with E-state index in [1.807, 2.05) is 6.92 Å². The number of carbonyl (C=O) groups excluding carboxylic acids is 1. The van der Waals surface area contributed by atoms with E-state index in [0.717, 1.165) is 0 Å². The summed E-state index contributed by atoms with van der Waals surface area (Å²) in [5, 5.41) is 9.01. The molecule has 1 heterocycles. The van der Waals surface area contributed by atoms with Gasteiger partial charge in [0.25, 0.3) is 0 Å². The van der Waals surface area contributed by atoms with E-state index in [1.54, 1.807) is 23.1 Å². The lowest BCUT2D eigenvalue weighted by Gasteiger charge is -2.35. The molecule has 0 bridgehead atoms. The molecule has 1 aliphatic rings. The number of aliphatic carboxylic acids is 1. The first kappa shape index (κ1) is 15.2. The Balaban J connectivity index is 1.99. The van der Waals surface area contributed by atoms with Crippen molar-refractivity contribution in [2.45, 2.75) is 25.8 Å². The number of likely N-dealkylation sites (tertiary alicyclic amines) is 1. The van der Waals surface area contributed by atoms with Crippen LogP contribution in [-0.2, 0) is 9.59 Å². The maximum atomic E-state index is 13.0. The van der Waals surface area contributed by atoms with Crippen LogP contribution >= 0.6 is 0 Å². The van der Waals surface area contributed by atoms with Crippen LogP contribution in [0.15, 0.2) is 30.3 Å². The van der Waals surface area contributed by atoms with E-state index in [9.17, 15) is 14.0 Å². The first-order chi connectivity index (χ1) is 9.97. The van der Waals surface area contributed by atoms with Crippen molar-refractivity contribution >= 4 is 18.0 Å². The van der Waals surface area contributed by atoms with E-state index in [1.165, 1.54) is 18.2 Å². The molecule has 1 aliphatic heterocycles. The second-order valence-electron chi connectivity index (χ2n) is 5.33. The van der Waals surface area contributed by atoms with Gasteiger partial charge >= 0.3 is 5.97 Å². The van der Waals surface area contributed by atoms with Crippen LogP contribution in [0.2, 0.25) is 0 Å². The molecule has 5 heteroatoms. The maximum absolute atomic E-state index is 13.0. The molecule has 1 aromatic rings. The molecule has 2 rings (SSSR count). The monoisotopic (exact) mass is 291 g/mol. The molecule has 21 heavy (non-hydrogen) atoms. The average Bonchev–Trinajstić information content (AvgIpc) is 2.44. The predicted octanol–water partition coefficient (Wildman–Crippen LogP) is 2.55. The van der Waals surface area contributed by atoms with Crippen LogP contribution in [0, 0.1) is 11.7 Å². The van der Waals surface area contributed by atoms with Gasteiger partial charge in [-0.15, -0.1) is 0 Å². The van der Waals surface area contributed by atoms with E-state index in [-0.39, 0.29) is 23.7 Å². The zero-order valence-electron chi connectivity index (χ0n) is 11.8. The Morgan fingerprint density at radius 1 is 1.43 bits per heavy atom. The molecule has 0 aromatic heterocycles. The van der Waals surface area contributed by atoms with Gasteiger partial charge in [-0.1, -0.05) is 12.1 Å². The topological polar surface area (TPSA) is 57.6 Å². The van der Waals surface area contributed by atoms with Crippen LogP contribution in [0.25, 0.3) is 6.08 Å². The van der Waals surface area contributed by atoms with Gasteiger partial charge in [-0.3, -0.25) is 9.59 Å². The molecule has 1 fully saturated rings. The minimum atomic E-state index is -0.802. The molecule has 4 nitrogen and oxygen atoms in total. The minimum Gasteiger partial charge on any atom is -0.481 e. The quantitative estimate of drug-likeness (QED) is 0.871. The number of nitrogens with zero attached hydrogens (tertiary/aromatic N) is 1. The van der Waals surface area contributed by atoms with Crippen molar-refractivity contribution in [3.8, 4) is 0 Å². The fourth-order valence-corrected chi connectivity index (χ4v) is 2.60. The number of amides is 1. The summed E-state index contributed by atoms with van der Waals surface area (Å²) in [6.07, 6.45) is 3.92. The summed E-state index contributed by atoms with van der Waals surface area (Å²) in [7, 11) is 0. The van der Waals surface area contributed by atoms with E-state index in [0.29, 0.717) is 24.9 Å². The Morgan fingerprint density at radius 3 is 2.81 bits per heavy atom. The summed E-state index contributed by atoms with van der Waals surface area (Å²) in [5.74, 6) is -1.70. The van der Waals surface area contributed by atoms with Crippen LogP contribution < -0.4 is 0 Å². The molecule has 112 valence electrons. The average molecular weight is 291 g/mol. The zero-order valence-corrected chi connectivity index (χ0v) is 11.8. The molecule has 2 atom stereocenters. The smallest absolute Gasteiger partial charge is 0.306 e. The van der Waals surface area contributed by atoms with Crippen LogP contribution in [0.5, 0.6) is 0 Å². The van der Waals surface area contributed by atoms with Crippen molar-refractivity contribution in [2.24, 2.45) is 5.92 Å². The lowest BCUT2D eigenvalue weighted by atomic mass is 9.91. The van der Waals surface area contributed by atoms with E-state index in [2.05, 4.69) is 0 Å². The lowest BCUT2D eigenvalue weighted by molar-refractivity contribution is -0.146. The Bertz CT molecular complexity index is 570. The third-order valence-corrected chi connectivity index (χ3v) is 3.78. The van der Waals surface area contributed by atoms with Crippen molar-refractivity contribution in [1.29, 1.82) is 0 Å². The second-order valence-corrected chi connectivity index (χ2v) is 5.33. The number of hydrogen-bond donors (Lipinski definition) is 1. The first-order valence-corrected chi connectivity index (χ1v) is 6.94. The fraction of sp³-hybridized carbons (Fsp3) is 0.375. The summed E-state index contributed by atoms with van der Waals surface area (Å²) in [4.78, 5) is 24.8. The molecule has 1 aromatic carbocycles. The van der Waals surface area contributed by atoms with Crippen molar-refractivity contribution in [3.63, 3.8) is 0 Å². The Morgan fingerprint density at radius 2 is 2.19 bits per heavy atom. The number of halogens is 1. The molecule has 0 saturated carbocycles.